The first kappa shape index (κ1) is 22.2. The largest absolute Gasteiger partial charge is 0.497 e. The highest BCUT2D eigenvalue weighted by Crippen LogP contribution is 2.48. The summed E-state index contributed by atoms with van der Waals surface area (Å²) in [5, 5.41) is 2.30. The molecular formula is C31H26O5. The van der Waals surface area contributed by atoms with Crippen LogP contribution in [0.3, 0.4) is 0 Å². The Bertz CT molecular complexity index is 1490. The van der Waals surface area contributed by atoms with E-state index in [4.69, 9.17) is 18.9 Å². The lowest BCUT2D eigenvalue weighted by Gasteiger charge is -2.30. The van der Waals surface area contributed by atoms with Crippen molar-refractivity contribution in [3.05, 3.63) is 107 Å². The van der Waals surface area contributed by atoms with E-state index in [0.29, 0.717) is 41.4 Å². The summed E-state index contributed by atoms with van der Waals surface area (Å²) >= 11 is 0. The third-order valence-corrected chi connectivity index (χ3v) is 7.03. The van der Waals surface area contributed by atoms with Crippen molar-refractivity contribution in [3.63, 3.8) is 0 Å². The Balaban J connectivity index is 1.47. The fourth-order valence-corrected chi connectivity index (χ4v) is 5.14. The molecule has 0 aliphatic carbocycles. The summed E-state index contributed by atoms with van der Waals surface area (Å²) in [6, 6.07) is 26.4. The summed E-state index contributed by atoms with van der Waals surface area (Å²) in [7, 11) is 1.66. The maximum Gasteiger partial charge on any atom is 0.231 e. The second-order valence-electron chi connectivity index (χ2n) is 9.15. The van der Waals surface area contributed by atoms with Gasteiger partial charge in [0, 0.05) is 36.0 Å². The van der Waals surface area contributed by atoms with Crippen LogP contribution in [0.1, 0.15) is 36.0 Å². The van der Waals surface area contributed by atoms with Crippen molar-refractivity contribution in [1.82, 2.24) is 0 Å². The predicted molar refractivity (Wildman–Crippen MR) is 138 cm³/mol. The number of hydrogen-bond acceptors (Lipinski definition) is 5. The topological polar surface area (TPSA) is 54.0 Å². The van der Waals surface area contributed by atoms with Gasteiger partial charge in [-0.3, -0.25) is 4.79 Å². The Morgan fingerprint density at radius 3 is 2.44 bits per heavy atom. The maximum atomic E-state index is 13.0. The van der Waals surface area contributed by atoms with Crippen LogP contribution in [-0.2, 0) is 11.2 Å². The quantitative estimate of drug-likeness (QED) is 0.303. The van der Waals surface area contributed by atoms with E-state index in [1.54, 1.807) is 14.0 Å². The van der Waals surface area contributed by atoms with Gasteiger partial charge in [0.25, 0.3) is 0 Å². The average Bonchev–Trinajstić information content (AvgIpc) is 3.37. The average molecular weight is 479 g/mol. The van der Waals surface area contributed by atoms with E-state index in [1.165, 1.54) is 0 Å². The summed E-state index contributed by atoms with van der Waals surface area (Å²) < 4.78 is 23.1. The van der Waals surface area contributed by atoms with Gasteiger partial charge in [-0.25, -0.2) is 0 Å². The van der Waals surface area contributed by atoms with Gasteiger partial charge < -0.3 is 18.9 Å². The number of hydrogen-bond donors (Lipinski definition) is 0. The number of fused-ring (bicyclic) bond motifs is 3. The van der Waals surface area contributed by atoms with Crippen LogP contribution >= 0.6 is 0 Å². The molecule has 5 nitrogen and oxygen atoms in total. The predicted octanol–water partition coefficient (Wildman–Crippen LogP) is 6.58. The number of carbonyl (C=O) groups is 1. The highest BCUT2D eigenvalue weighted by molar-refractivity contribution is 5.96. The molecule has 2 aliphatic heterocycles. The molecule has 0 radical (unpaired) electrons. The molecular weight excluding hydrogens is 452 g/mol. The Labute approximate surface area is 209 Å². The third-order valence-electron chi connectivity index (χ3n) is 7.03. The van der Waals surface area contributed by atoms with Crippen molar-refractivity contribution < 1.29 is 23.7 Å². The highest BCUT2D eigenvalue weighted by Gasteiger charge is 2.32. The highest BCUT2D eigenvalue weighted by atomic mass is 16.7. The first-order valence-corrected chi connectivity index (χ1v) is 12.1. The van der Waals surface area contributed by atoms with Gasteiger partial charge in [-0.05, 0) is 47.0 Å². The van der Waals surface area contributed by atoms with Gasteiger partial charge in [-0.1, -0.05) is 54.6 Å². The standard InChI is InChI=1S/C31H26O5/c1-19(32)25(14-22-8-5-7-20-6-3-4-9-24(20)22)28-15-26(21-10-12-23(33-2)13-11-21)27-16-30-31(35-18-34-30)17-29(27)36-28/h3-13,16-17,26H,14-15,18H2,1-2H3/b28-25-/t26-/m0/s1. The molecule has 180 valence electrons. The van der Waals surface area contributed by atoms with E-state index < -0.39 is 0 Å². The Morgan fingerprint density at radius 1 is 0.917 bits per heavy atom. The van der Waals surface area contributed by atoms with Crippen molar-refractivity contribution in [2.24, 2.45) is 0 Å². The molecule has 0 fully saturated rings. The molecule has 0 unspecified atom stereocenters. The van der Waals surface area contributed by atoms with Crippen LogP contribution in [0, 0.1) is 0 Å². The summed E-state index contributed by atoms with van der Waals surface area (Å²) in [5.74, 6) is 3.56. The Kier molecular flexibility index (Phi) is 5.61. The zero-order chi connectivity index (χ0) is 24.6. The molecule has 1 atom stereocenters. The fraction of sp³-hybridized carbons (Fsp3) is 0.194. The molecule has 4 aromatic carbocycles. The van der Waals surface area contributed by atoms with Crippen LogP contribution in [0.5, 0.6) is 23.0 Å². The second-order valence-corrected chi connectivity index (χ2v) is 9.15. The molecule has 0 saturated heterocycles. The van der Waals surface area contributed by atoms with E-state index in [1.807, 2.05) is 42.5 Å². The van der Waals surface area contributed by atoms with E-state index in [-0.39, 0.29) is 18.5 Å². The van der Waals surface area contributed by atoms with Crippen molar-refractivity contribution >= 4 is 16.6 Å². The second kappa shape index (κ2) is 9.08. The minimum Gasteiger partial charge on any atom is -0.497 e. The van der Waals surface area contributed by atoms with Gasteiger partial charge in [0.15, 0.2) is 17.3 Å². The van der Waals surface area contributed by atoms with Crippen LogP contribution in [0.2, 0.25) is 0 Å². The van der Waals surface area contributed by atoms with Crippen LogP contribution in [0.15, 0.2) is 90.2 Å². The lowest BCUT2D eigenvalue weighted by molar-refractivity contribution is -0.113. The zero-order valence-corrected chi connectivity index (χ0v) is 20.2. The molecule has 0 spiro atoms. The number of Topliss-reactive ketones (excluding diaryl/α,β-unsaturated/α-hetero) is 1. The fourth-order valence-electron chi connectivity index (χ4n) is 5.14. The minimum absolute atomic E-state index is 0.00831. The molecule has 2 heterocycles. The Hall–Kier alpha value is -4.25. The molecule has 0 aromatic heterocycles. The van der Waals surface area contributed by atoms with Crippen molar-refractivity contribution in [1.29, 1.82) is 0 Å². The van der Waals surface area contributed by atoms with E-state index in [2.05, 4.69) is 36.4 Å². The Morgan fingerprint density at radius 2 is 1.67 bits per heavy atom. The number of benzene rings is 4. The first-order valence-electron chi connectivity index (χ1n) is 12.1. The normalized spacial score (nSPS) is 17.3. The van der Waals surface area contributed by atoms with Gasteiger partial charge in [0.2, 0.25) is 6.79 Å². The molecule has 0 bridgehead atoms. The molecule has 36 heavy (non-hydrogen) atoms. The van der Waals surface area contributed by atoms with Gasteiger partial charge in [0.05, 0.1) is 7.11 Å². The maximum absolute atomic E-state index is 13.0. The van der Waals surface area contributed by atoms with Crippen molar-refractivity contribution in [3.8, 4) is 23.0 Å². The molecule has 0 saturated carbocycles. The van der Waals surface area contributed by atoms with E-state index >= 15 is 0 Å². The van der Waals surface area contributed by atoms with E-state index in [0.717, 1.165) is 33.2 Å². The summed E-state index contributed by atoms with van der Waals surface area (Å²) in [6.45, 7) is 1.81. The van der Waals surface area contributed by atoms with Crippen molar-refractivity contribution in [2.45, 2.75) is 25.7 Å². The smallest absolute Gasteiger partial charge is 0.231 e. The lowest BCUT2D eigenvalue weighted by atomic mass is 9.83. The zero-order valence-electron chi connectivity index (χ0n) is 20.2. The molecule has 6 rings (SSSR count). The van der Waals surface area contributed by atoms with E-state index in [9.17, 15) is 4.79 Å². The molecule has 0 amide bonds. The van der Waals surface area contributed by atoms with Gasteiger partial charge in [-0.2, -0.15) is 0 Å². The molecule has 0 N–H and O–H groups in total. The van der Waals surface area contributed by atoms with Crippen LogP contribution < -0.4 is 18.9 Å². The number of ether oxygens (including phenoxy) is 4. The van der Waals surface area contributed by atoms with Gasteiger partial charge in [-0.15, -0.1) is 0 Å². The number of rotatable bonds is 5. The number of ketones is 1. The lowest BCUT2D eigenvalue weighted by Crippen LogP contribution is -2.18. The summed E-state index contributed by atoms with van der Waals surface area (Å²) in [4.78, 5) is 13.0. The van der Waals surface area contributed by atoms with Crippen LogP contribution in [0.25, 0.3) is 10.8 Å². The van der Waals surface area contributed by atoms with Crippen molar-refractivity contribution in [2.75, 3.05) is 13.9 Å². The SMILES string of the molecule is COc1ccc([C@@H]2C/C(=C(\Cc3cccc4ccccc34)C(C)=O)Oc3cc4c(cc32)OCO4)cc1. The summed E-state index contributed by atoms with van der Waals surface area (Å²) in [6.07, 6.45) is 1.07. The number of methoxy groups -OCH3 is 1. The molecule has 2 aliphatic rings. The molecule has 5 heteroatoms. The first-order chi connectivity index (χ1) is 17.6. The molecule has 4 aromatic rings. The monoisotopic (exact) mass is 478 g/mol. The third kappa shape index (κ3) is 3.97. The van der Waals surface area contributed by atoms with Gasteiger partial charge >= 0.3 is 0 Å². The minimum atomic E-state index is -0.00831. The van der Waals surface area contributed by atoms with Crippen LogP contribution in [0.4, 0.5) is 0 Å². The van der Waals surface area contributed by atoms with Gasteiger partial charge in [0.1, 0.15) is 17.3 Å². The van der Waals surface area contributed by atoms with Crippen LogP contribution in [-0.4, -0.2) is 19.7 Å². The number of allylic oxidation sites excluding steroid dienone is 2. The number of carbonyl (C=O) groups excluding carboxylic acids is 1. The summed E-state index contributed by atoms with van der Waals surface area (Å²) in [5.41, 5.74) is 3.92.